The summed E-state index contributed by atoms with van der Waals surface area (Å²) in [5.41, 5.74) is 6.28. The molecule has 4 atom stereocenters. The summed E-state index contributed by atoms with van der Waals surface area (Å²) in [6.45, 7) is 7.19. The summed E-state index contributed by atoms with van der Waals surface area (Å²) in [5.74, 6) is -2.68. The number of hydrogen-bond donors (Lipinski definition) is 2. The normalized spacial score (nSPS) is 31.2. The lowest BCUT2D eigenvalue weighted by molar-refractivity contribution is -0.153. The highest BCUT2D eigenvalue weighted by Crippen LogP contribution is 2.37. The summed E-state index contributed by atoms with van der Waals surface area (Å²) in [6, 6.07) is -1.11. The number of rotatable bonds is 7. The average Bonchev–Trinajstić information content (AvgIpc) is 3.29. The predicted molar refractivity (Wildman–Crippen MR) is 135 cm³/mol. The second-order valence-corrected chi connectivity index (χ2v) is 12.0. The molecule has 3 fully saturated rings. The number of amides is 2. The molecule has 1 aromatic heterocycles. The van der Waals surface area contributed by atoms with Crippen LogP contribution in [0, 0.1) is 11.8 Å². The van der Waals surface area contributed by atoms with E-state index in [0.29, 0.717) is 35.6 Å². The van der Waals surface area contributed by atoms with Gasteiger partial charge in [0.1, 0.15) is 0 Å². The van der Waals surface area contributed by atoms with Gasteiger partial charge >= 0.3 is 0 Å². The summed E-state index contributed by atoms with van der Waals surface area (Å²) in [7, 11) is 0. The average molecular weight is 528 g/mol. The number of likely N-dealkylation sites (tertiary alicyclic amines) is 1. The van der Waals surface area contributed by atoms with E-state index in [0.717, 1.165) is 25.7 Å². The number of morpholine rings is 1. The minimum Gasteiger partial charge on any atom is -0.376 e. The molecule has 0 radical (unpaired) electrons. The molecule has 2 amide bonds. The first kappa shape index (κ1) is 27.3. The third-order valence-electron chi connectivity index (χ3n) is 7.90. The summed E-state index contributed by atoms with van der Waals surface area (Å²) in [5, 5.41) is 3.21. The first-order chi connectivity index (χ1) is 17.0. The van der Waals surface area contributed by atoms with Crippen LogP contribution >= 0.6 is 11.3 Å². The number of piperidine rings is 1. The summed E-state index contributed by atoms with van der Waals surface area (Å²) >= 11 is 1.22. The molecule has 8 nitrogen and oxygen atoms in total. The lowest BCUT2D eigenvalue weighted by atomic mass is 9.79. The van der Waals surface area contributed by atoms with E-state index in [1.807, 2.05) is 13.8 Å². The fraction of sp³-hybridized carbons (Fsp3) is 0.800. The van der Waals surface area contributed by atoms with Crippen LogP contribution < -0.4 is 11.1 Å². The van der Waals surface area contributed by atoms with Crippen LogP contribution in [-0.2, 0) is 14.3 Å². The van der Waals surface area contributed by atoms with Crippen molar-refractivity contribution in [3.05, 3.63) is 11.1 Å². The standard InChI is InChI=1S/C25H39F2N5O3S/c1-15-4-6-18(7-5-15)22(28)23(34)30-24-29-10-20(36-24)19(12-31-11-17(3)35-13-16(31)2)32-14-25(26,27)9-8-21(32)33/h10,15-19,22H,4-9,11-14,28H2,1-3H3,(H,29,30,34)/t15?,16-,17+,18?,19?,22-/m0/s1. The number of nitrogens with one attached hydrogen (secondary N) is 1. The molecule has 11 heteroatoms. The lowest BCUT2D eigenvalue weighted by Crippen LogP contribution is -2.54. The first-order valence-corrected chi connectivity index (χ1v) is 13.9. The molecule has 202 valence electrons. The van der Waals surface area contributed by atoms with Gasteiger partial charge in [0, 0.05) is 38.2 Å². The van der Waals surface area contributed by atoms with E-state index in [9.17, 15) is 18.4 Å². The van der Waals surface area contributed by atoms with Gasteiger partial charge in [0.15, 0.2) is 5.13 Å². The molecule has 1 unspecified atom stereocenters. The summed E-state index contributed by atoms with van der Waals surface area (Å²) in [6.07, 6.45) is 5.00. The molecule has 0 aromatic carbocycles. The van der Waals surface area contributed by atoms with Crippen molar-refractivity contribution >= 4 is 28.3 Å². The molecule has 3 N–H and O–H groups in total. The third-order valence-corrected chi connectivity index (χ3v) is 8.91. The van der Waals surface area contributed by atoms with E-state index in [-0.39, 0.29) is 36.3 Å². The van der Waals surface area contributed by atoms with E-state index in [4.69, 9.17) is 10.5 Å². The number of nitrogens with zero attached hydrogens (tertiary/aromatic N) is 3. The molecule has 0 spiro atoms. The van der Waals surface area contributed by atoms with E-state index in [1.165, 1.54) is 16.2 Å². The molecule has 2 saturated heterocycles. The molecular formula is C25H39F2N5O3S. The lowest BCUT2D eigenvalue weighted by Gasteiger charge is -2.43. The van der Waals surface area contributed by atoms with E-state index < -0.39 is 31.0 Å². The molecule has 4 rings (SSSR count). The van der Waals surface area contributed by atoms with Gasteiger partial charge in [-0.1, -0.05) is 31.1 Å². The number of thiazole rings is 1. The Morgan fingerprint density at radius 3 is 2.75 bits per heavy atom. The Bertz CT molecular complexity index is 923. The van der Waals surface area contributed by atoms with Gasteiger partial charge in [0.05, 0.1) is 36.2 Å². The van der Waals surface area contributed by atoms with Crippen molar-refractivity contribution in [3.63, 3.8) is 0 Å². The van der Waals surface area contributed by atoms with Crippen LogP contribution in [0.4, 0.5) is 13.9 Å². The van der Waals surface area contributed by atoms with Crippen molar-refractivity contribution < 1.29 is 23.1 Å². The quantitative estimate of drug-likeness (QED) is 0.562. The maximum absolute atomic E-state index is 14.4. The molecular weight excluding hydrogens is 488 g/mol. The van der Waals surface area contributed by atoms with Crippen LogP contribution in [0.5, 0.6) is 0 Å². The fourth-order valence-electron chi connectivity index (χ4n) is 5.47. The van der Waals surface area contributed by atoms with Crippen molar-refractivity contribution in [2.75, 3.05) is 31.6 Å². The number of carbonyl (C=O) groups is 2. The number of anilines is 1. The van der Waals surface area contributed by atoms with Crippen molar-refractivity contribution in [3.8, 4) is 0 Å². The Kier molecular flexibility index (Phi) is 8.63. The number of ether oxygens (including phenoxy) is 1. The van der Waals surface area contributed by atoms with Crippen LogP contribution in [0.1, 0.15) is 70.2 Å². The number of halogens is 2. The van der Waals surface area contributed by atoms with Gasteiger partial charge in [-0.15, -0.1) is 0 Å². The zero-order valence-electron chi connectivity index (χ0n) is 21.4. The van der Waals surface area contributed by atoms with E-state index in [2.05, 4.69) is 22.1 Å². The monoisotopic (exact) mass is 527 g/mol. The minimum absolute atomic E-state index is 0.0147. The molecule has 36 heavy (non-hydrogen) atoms. The van der Waals surface area contributed by atoms with Gasteiger partial charge in [-0.2, -0.15) is 0 Å². The fourth-order valence-corrected chi connectivity index (χ4v) is 6.39. The van der Waals surface area contributed by atoms with Gasteiger partial charge in [0.25, 0.3) is 5.92 Å². The molecule has 2 aliphatic heterocycles. The third kappa shape index (κ3) is 6.59. The largest absolute Gasteiger partial charge is 0.376 e. The van der Waals surface area contributed by atoms with Crippen LogP contribution in [-0.4, -0.2) is 76.9 Å². The smallest absolute Gasteiger partial charge is 0.265 e. The molecule has 3 heterocycles. The van der Waals surface area contributed by atoms with Crippen LogP contribution in [0.15, 0.2) is 6.20 Å². The molecule has 3 aliphatic rings. The highest BCUT2D eigenvalue weighted by Gasteiger charge is 2.43. The maximum atomic E-state index is 14.4. The second-order valence-electron chi connectivity index (χ2n) is 10.9. The first-order valence-electron chi connectivity index (χ1n) is 13.1. The van der Waals surface area contributed by atoms with Crippen molar-refractivity contribution in [1.29, 1.82) is 0 Å². The van der Waals surface area contributed by atoms with E-state index in [1.54, 1.807) is 6.20 Å². The molecule has 1 saturated carbocycles. The molecule has 1 aliphatic carbocycles. The highest BCUT2D eigenvalue weighted by atomic mass is 32.1. The minimum atomic E-state index is -2.93. The SMILES string of the molecule is CC1CCC([C@H](N)C(=O)Nc2ncc(C(CN3C[C@@H](C)OC[C@@H]3C)N3CC(F)(F)CCC3=O)s2)CC1. The van der Waals surface area contributed by atoms with Crippen LogP contribution in [0.25, 0.3) is 0 Å². The Labute approximate surface area is 215 Å². The van der Waals surface area contributed by atoms with Crippen molar-refractivity contribution in [1.82, 2.24) is 14.8 Å². The van der Waals surface area contributed by atoms with Gasteiger partial charge < -0.3 is 20.7 Å². The molecule has 0 bridgehead atoms. The van der Waals surface area contributed by atoms with Gasteiger partial charge in [-0.05, 0) is 38.5 Å². The van der Waals surface area contributed by atoms with Gasteiger partial charge in [-0.25, -0.2) is 13.8 Å². The van der Waals surface area contributed by atoms with Crippen molar-refractivity contribution in [2.45, 2.75) is 89.4 Å². The predicted octanol–water partition coefficient (Wildman–Crippen LogP) is 3.64. The van der Waals surface area contributed by atoms with E-state index >= 15 is 0 Å². The number of carbonyl (C=O) groups excluding carboxylic acids is 2. The Morgan fingerprint density at radius 2 is 2.03 bits per heavy atom. The maximum Gasteiger partial charge on any atom is 0.265 e. The number of alkyl halides is 2. The Hall–Kier alpha value is -1.69. The number of aromatic nitrogens is 1. The topological polar surface area (TPSA) is 101 Å². The van der Waals surface area contributed by atoms with Crippen LogP contribution in [0.3, 0.4) is 0 Å². The van der Waals surface area contributed by atoms with Gasteiger partial charge in [0.2, 0.25) is 11.8 Å². The zero-order valence-corrected chi connectivity index (χ0v) is 22.2. The number of nitrogens with two attached hydrogens (primary N) is 1. The Balaban J connectivity index is 1.50. The highest BCUT2D eigenvalue weighted by molar-refractivity contribution is 7.15. The summed E-state index contributed by atoms with van der Waals surface area (Å²) in [4.78, 5) is 34.2. The zero-order chi connectivity index (χ0) is 26.0. The van der Waals surface area contributed by atoms with Gasteiger partial charge in [-0.3, -0.25) is 14.5 Å². The summed E-state index contributed by atoms with van der Waals surface area (Å²) < 4.78 is 34.5. The Morgan fingerprint density at radius 1 is 1.31 bits per heavy atom. The van der Waals surface area contributed by atoms with Crippen molar-refractivity contribution in [2.24, 2.45) is 17.6 Å². The van der Waals surface area contributed by atoms with Crippen LogP contribution in [0.2, 0.25) is 0 Å². The second kappa shape index (κ2) is 11.4. The number of hydrogen-bond acceptors (Lipinski definition) is 7. The molecule has 1 aromatic rings.